The third-order valence-corrected chi connectivity index (χ3v) is 7.85. The summed E-state index contributed by atoms with van der Waals surface area (Å²) in [6, 6.07) is 13.7. The van der Waals surface area contributed by atoms with Crippen LogP contribution >= 0.6 is 0 Å². The molecule has 0 atom stereocenters. The maximum Gasteiger partial charge on any atom is 0.301 e. The molecule has 1 aliphatic heterocycles. The van der Waals surface area contributed by atoms with Crippen LogP contribution in [-0.2, 0) is 33.2 Å². The normalized spacial score (nSPS) is 16.0. The number of hydrogen-bond acceptors (Lipinski definition) is 4. The molecule has 0 fully saturated rings. The molecule has 27 heavy (non-hydrogen) atoms. The number of anilines is 1. The van der Waals surface area contributed by atoms with Gasteiger partial charge in [0.2, 0.25) is 10.0 Å². The topological polar surface area (TPSA) is 86.8 Å². The molecule has 7 nitrogen and oxygen atoms in total. The Morgan fingerprint density at radius 2 is 1.56 bits per heavy atom. The number of aryl methyl sites for hydroxylation is 1. The Kier molecular flexibility index (Phi) is 5.57. The largest absolute Gasteiger partial charge is 0.301 e. The first-order valence-electron chi connectivity index (χ1n) is 8.57. The van der Waals surface area contributed by atoms with Gasteiger partial charge in [0.25, 0.3) is 0 Å². The number of benzene rings is 2. The molecule has 0 amide bonds. The Labute approximate surface area is 160 Å². The highest BCUT2D eigenvalue weighted by Crippen LogP contribution is 2.25. The molecule has 2 aromatic rings. The molecule has 9 heteroatoms. The summed E-state index contributed by atoms with van der Waals surface area (Å²) in [5.74, 6) is 0. The molecule has 0 radical (unpaired) electrons. The van der Waals surface area contributed by atoms with E-state index in [0.717, 1.165) is 22.7 Å². The summed E-state index contributed by atoms with van der Waals surface area (Å²) in [4.78, 5) is 0.148. The second kappa shape index (κ2) is 7.59. The summed E-state index contributed by atoms with van der Waals surface area (Å²) in [6.45, 7) is 0.791. The third kappa shape index (κ3) is 4.32. The van der Waals surface area contributed by atoms with Crippen LogP contribution in [0, 0.1) is 0 Å². The van der Waals surface area contributed by atoms with E-state index in [1.165, 1.54) is 48.2 Å². The number of rotatable bonds is 5. The average molecular weight is 410 g/mol. The van der Waals surface area contributed by atoms with E-state index < -0.39 is 20.2 Å². The Morgan fingerprint density at radius 1 is 0.926 bits per heavy atom. The Morgan fingerprint density at radius 3 is 2.19 bits per heavy atom. The molecule has 1 N–H and O–H groups in total. The van der Waals surface area contributed by atoms with E-state index >= 15 is 0 Å². The lowest BCUT2D eigenvalue weighted by atomic mass is 10.0. The number of nitrogens with one attached hydrogen (secondary N) is 1. The SMILES string of the molecule is CN(C)S(=O)(=O)Nc1ccc(S(=O)(=O)N2CCCc3ccccc3C2)cc1. The van der Waals surface area contributed by atoms with Crippen LogP contribution in [0.15, 0.2) is 53.4 Å². The van der Waals surface area contributed by atoms with Crippen LogP contribution in [0.3, 0.4) is 0 Å². The molecular weight excluding hydrogens is 386 g/mol. The van der Waals surface area contributed by atoms with E-state index in [1.54, 1.807) is 0 Å². The van der Waals surface area contributed by atoms with Gasteiger partial charge in [-0.2, -0.15) is 17.0 Å². The number of nitrogens with zero attached hydrogens (tertiary/aromatic N) is 2. The van der Waals surface area contributed by atoms with Gasteiger partial charge in [-0.15, -0.1) is 0 Å². The molecule has 146 valence electrons. The molecule has 0 unspecified atom stereocenters. The quantitative estimate of drug-likeness (QED) is 0.819. The first-order valence-corrected chi connectivity index (χ1v) is 11.5. The Balaban J connectivity index is 1.83. The van der Waals surface area contributed by atoms with E-state index in [1.807, 2.05) is 24.3 Å². The van der Waals surface area contributed by atoms with Gasteiger partial charge in [-0.3, -0.25) is 4.72 Å². The van der Waals surface area contributed by atoms with Crippen molar-refractivity contribution in [2.45, 2.75) is 24.3 Å². The maximum absolute atomic E-state index is 13.0. The van der Waals surface area contributed by atoms with E-state index in [2.05, 4.69) is 4.72 Å². The smallest absolute Gasteiger partial charge is 0.271 e. The van der Waals surface area contributed by atoms with Crippen LogP contribution in [-0.4, -0.2) is 46.1 Å². The molecule has 0 spiro atoms. The number of hydrogen-bond donors (Lipinski definition) is 1. The van der Waals surface area contributed by atoms with Crippen molar-refractivity contribution in [3.63, 3.8) is 0 Å². The van der Waals surface area contributed by atoms with Crippen LogP contribution in [0.2, 0.25) is 0 Å². The lowest BCUT2D eigenvalue weighted by molar-refractivity contribution is 0.410. The number of sulfonamides is 1. The van der Waals surface area contributed by atoms with Crippen molar-refractivity contribution in [1.82, 2.24) is 8.61 Å². The predicted molar refractivity (Wildman–Crippen MR) is 105 cm³/mol. The van der Waals surface area contributed by atoms with Gasteiger partial charge in [0.05, 0.1) is 4.90 Å². The Hall–Kier alpha value is -1.94. The molecule has 3 rings (SSSR count). The molecule has 0 aromatic heterocycles. The monoisotopic (exact) mass is 409 g/mol. The van der Waals surface area contributed by atoms with Gasteiger partial charge < -0.3 is 0 Å². The van der Waals surface area contributed by atoms with Gasteiger partial charge in [0, 0.05) is 32.9 Å². The standard InChI is InChI=1S/C18H23N3O4S2/c1-20(2)27(24,25)19-17-9-11-18(12-10-17)26(22,23)21-13-5-8-15-6-3-4-7-16(15)14-21/h3-4,6-7,9-12,19H,5,8,13-14H2,1-2H3. The van der Waals surface area contributed by atoms with Crippen molar-refractivity contribution in [2.75, 3.05) is 25.4 Å². The van der Waals surface area contributed by atoms with Crippen molar-refractivity contribution in [3.8, 4) is 0 Å². The summed E-state index contributed by atoms with van der Waals surface area (Å²) >= 11 is 0. The molecule has 0 saturated heterocycles. The van der Waals surface area contributed by atoms with Crippen molar-refractivity contribution in [1.29, 1.82) is 0 Å². The third-order valence-electron chi connectivity index (χ3n) is 4.54. The minimum absolute atomic E-state index is 0.148. The Bertz CT molecular complexity index is 1020. The van der Waals surface area contributed by atoms with Crippen molar-refractivity contribution in [3.05, 3.63) is 59.7 Å². The van der Waals surface area contributed by atoms with Crippen LogP contribution < -0.4 is 4.72 Å². The first-order chi connectivity index (χ1) is 12.7. The highest BCUT2D eigenvalue weighted by Gasteiger charge is 2.27. The fourth-order valence-corrected chi connectivity index (χ4v) is 5.03. The van der Waals surface area contributed by atoms with Gasteiger partial charge in [-0.1, -0.05) is 24.3 Å². The summed E-state index contributed by atoms with van der Waals surface area (Å²) in [5, 5.41) is 0. The molecule has 1 heterocycles. The maximum atomic E-state index is 13.0. The van der Waals surface area contributed by atoms with Gasteiger partial charge in [0.1, 0.15) is 0 Å². The van der Waals surface area contributed by atoms with E-state index in [0.29, 0.717) is 18.8 Å². The van der Waals surface area contributed by atoms with Gasteiger partial charge in [0.15, 0.2) is 0 Å². The van der Waals surface area contributed by atoms with Crippen LogP contribution in [0.1, 0.15) is 17.5 Å². The summed E-state index contributed by atoms with van der Waals surface area (Å²) < 4.78 is 54.7. The molecule has 0 bridgehead atoms. The van der Waals surface area contributed by atoms with Gasteiger partial charge in [-0.05, 0) is 48.2 Å². The van der Waals surface area contributed by atoms with Crippen LogP contribution in [0.5, 0.6) is 0 Å². The van der Waals surface area contributed by atoms with E-state index in [4.69, 9.17) is 0 Å². The zero-order valence-corrected chi connectivity index (χ0v) is 16.9. The fraction of sp³-hybridized carbons (Fsp3) is 0.333. The van der Waals surface area contributed by atoms with Crippen LogP contribution in [0.25, 0.3) is 0 Å². The van der Waals surface area contributed by atoms with E-state index in [9.17, 15) is 16.8 Å². The highest BCUT2D eigenvalue weighted by atomic mass is 32.2. The van der Waals surface area contributed by atoms with Crippen molar-refractivity contribution >= 4 is 25.9 Å². The second-order valence-corrected chi connectivity index (χ2v) is 10.4. The van der Waals surface area contributed by atoms with Crippen molar-refractivity contribution in [2.24, 2.45) is 0 Å². The molecule has 0 saturated carbocycles. The average Bonchev–Trinajstić information content (AvgIpc) is 2.84. The zero-order valence-electron chi connectivity index (χ0n) is 15.3. The number of fused-ring (bicyclic) bond motifs is 1. The minimum Gasteiger partial charge on any atom is -0.271 e. The lowest BCUT2D eigenvalue weighted by Gasteiger charge is -2.21. The first kappa shape index (κ1) is 19.8. The zero-order chi connectivity index (χ0) is 19.7. The van der Waals surface area contributed by atoms with Gasteiger partial charge >= 0.3 is 10.2 Å². The fourth-order valence-electron chi connectivity index (χ4n) is 2.96. The van der Waals surface area contributed by atoms with E-state index in [-0.39, 0.29) is 4.90 Å². The summed E-state index contributed by atoms with van der Waals surface area (Å²) in [7, 11) is -4.46. The molecule has 2 aromatic carbocycles. The molecule has 0 aliphatic carbocycles. The summed E-state index contributed by atoms with van der Waals surface area (Å²) in [5.41, 5.74) is 2.52. The minimum atomic E-state index is -3.66. The molecule has 1 aliphatic rings. The van der Waals surface area contributed by atoms with Crippen molar-refractivity contribution < 1.29 is 16.8 Å². The van der Waals surface area contributed by atoms with Crippen LogP contribution in [0.4, 0.5) is 5.69 Å². The second-order valence-electron chi connectivity index (χ2n) is 6.62. The lowest BCUT2D eigenvalue weighted by Crippen LogP contribution is -2.31. The summed E-state index contributed by atoms with van der Waals surface area (Å²) in [6.07, 6.45) is 1.62. The molecular formula is C18H23N3O4S2. The highest BCUT2D eigenvalue weighted by molar-refractivity contribution is 7.90. The predicted octanol–water partition coefficient (Wildman–Crippen LogP) is 2.04. The van der Waals surface area contributed by atoms with Gasteiger partial charge in [-0.25, -0.2) is 8.42 Å².